The monoisotopic (exact) mass is 306 g/mol. The minimum absolute atomic E-state index is 0.133. The van der Waals surface area contributed by atoms with Crippen LogP contribution in [-0.4, -0.2) is 22.2 Å². The molecule has 0 aliphatic carbocycles. The van der Waals surface area contributed by atoms with Crippen molar-refractivity contribution in [3.05, 3.63) is 32.4 Å². The third-order valence-corrected chi connectivity index (χ3v) is 3.24. The number of carbonyl (C=O) groups is 2. The SMILES string of the molecule is Cc1c(C(=O)O)ccc(C(=O)O)c1I. The van der Waals surface area contributed by atoms with Crippen molar-refractivity contribution < 1.29 is 19.8 Å². The summed E-state index contributed by atoms with van der Waals surface area (Å²) in [6, 6.07) is 2.61. The third kappa shape index (κ3) is 1.87. The second-order valence-electron chi connectivity index (χ2n) is 2.71. The maximum Gasteiger partial charge on any atom is 0.336 e. The molecule has 1 aromatic carbocycles. The first-order valence-electron chi connectivity index (χ1n) is 3.71. The molecule has 74 valence electrons. The lowest BCUT2D eigenvalue weighted by molar-refractivity contribution is 0.0679. The van der Waals surface area contributed by atoms with E-state index in [2.05, 4.69) is 0 Å². The lowest BCUT2D eigenvalue weighted by Crippen LogP contribution is -2.07. The van der Waals surface area contributed by atoms with E-state index in [0.717, 1.165) is 0 Å². The molecule has 0 heterocycles. The van der Waals surface area contributed by atoms with Gasteiger partial charge in [-0.1, -0.05) is 0 Å². The van der Waals surface area contributed by atoms with Gasteiger partial charge in [-0.3, -0.25) is 0 Å². The number of halogens is 1. The molecule has 0 spiro atoms. The summed E-state index contributed by atoms with van der Waals surface area (Å²) in [5.74, 6) is -2.09. The van der Waals surface area contributed by atoms with Crippen LogP contribution in [0.1, 0.15) is 26.3 Å². The molecule has 1 rings (SSSR count). The van der Waals surface area contributed by atoms with Crippen LogP contribution in [0.5, 0.6) is 0 Å². The first-order chi connectivity index (χ1) is 6.45. The maximum absolute atomic E-state index is 10.7. The normalized spacial score (nSPS) is 9.86. The zero-order valence-corrected chi connectivity index (χ0v) is 9.40. The van der Waals surface area contributed by atoms with E-state index in [1.165, 1.54) is 12.1 Å². The van der Waals surface area contributed by atoms with Gasteiger partial charge in [0.1, 0.15) is 0 Å². The summed E-state index contributed by atoms with van der Waals surface area (Å²) in [7, 11) is 0. The lowest BCUT2D eigenvalue weighted by atomic mass is 10.1. The summed E-state index contributed by atoms with van der Waals surface area (Å²) in [4.78, 5) is 21.4. The van der Waals surface area contributed by atoms with Crippen molar-refractivity contribution in [1.29, 1.82) is 0 Å². The zero-order valence-electron chi connectivity index (χ0n) is 7.24. The highest BCUT2D eigenvalue weighted by Crippen LogP contribution is 2.20. The molecule has 0 radical (unpaired) electrons. The standard InChI is InChI=1S/C9H7IO4/c1-4-5(8(11)12)2-3-6(7(4)10)9(13)14/h2-3H,1H3,(H,11,12)(H,13,14). The van der Waals surface area contributed by atoms with Crippen molar-refractivity contribution in [1.82, 2.24) is 0 Å². The molecular weight excluding hydrogens is 299 g/mol. The fourth-order valence-electron chi connectivity index (χ4n) is 1.08. The van der Waals surface area contributed by atoms with Crippen molar-refractivity contribution in [3.8, 4) is 0 Å². The minimum atomic E-state index is -1.05. The highest BCUT2D eigenvalue weighted by molar-refractivity contribution is 14.1. The van der Waals surface area contributed by atoms with Crippen LogP contribution in [0.2, 0.25) is 0 Å². The average molecular weight is 306 g/mol. The van der Waals surface area contributed by atoms with Gasteiger partial charge in [0.25, 0.3) is 0 Å². The predicted molar refractivity (Wildman–Crippen MR) is 57.8 cm³/mol. The first-order valence-corrected chi connectivity index (χ1v) is 4.78. The topological polar surface area (TPSA) is 74.6 Å². The van der Waals surface area contributed by atoms with Crippen molar-refractivity contribution in [2.45, 2.75) is 6.92 Å². The first kappa shape index (κ1) is 11.0. The van der Waals surface area contributed by atoms with Crippen molar-refractivity contribution in [2.24, 2.45) is 0 Å². The Labute approximate surface area is 93.7 Å². The van der Waals surface area contributed by atoms with Crippen LogP contribution >= 0.6 is 22.6 Å². The van der Waals surface area contributed by atoms with Crippen LogP contribution in [0, 0.1) is 10.5 Å². The van der Waals surface area contributed by atoms with Crippen LogP contribution < -0.4 is 0 Å². The van der Waals surface area contributed by atoms with E-state index in [4.69, 9.17) is 10.2 Å². The van der Waals surface area contributed by atoms with Gasteiger partial charge in [0, 0.05) is 3.57 Å². The number of hydrogen-bond acceptors (Lipinski definition) is 2. The van der Waals surface area contributed by atoms with E-state index in [9.17, 15) is 9.59 Å². The molecule has 0 fully saturated rings. The summed E-state index contributed by atoms with van der Waals surface area (Å²) in [5, 5.41) is 17.5. The number of rotatable bonds is 2. The zero-order chi connectivity index (χ0) is 10.9. The molecule has 4 nitrogen and oxygen atoms in total. The average Bonchev–Trinajstić information content (AvgIpc) is 2.08. The van der Waals surface area contributed by atoms with Gasteiger partial charge < -0.3 is 10.2 Å². The Morgan fingerprint density at radius 3 is 2.00 bits per heavy atom. The second kappa shape index (κ2) is 3.95. The quantitative estimate of drug-likeness (QED) is 0.820. The Kier molecular flexibility index (Phi) is 3.10. The summed E-state index contributed by atoms with van der Waals surface area (Å²) in [6.07, 6.45) is 0. The summed E-state index contributed by atoms with van der Waals surface area (Å²) < 4.78 is 0.468. The van der Waals surface area contributed by atoms with E-state index in [0.29, 0.717) is 9.13 Å². The molecular formula is C9H7IO4. The number of hydrogen-bond donors (Lipinski definition) is 2. The molecule has 0 amide bonds. The smallest absolute Gasteiger partial charge is 0.336 e. The van der Waals surface area contributed by atoms with E-state index in [-0.39, 0.29) is 11.1 Å². The van der Waals surface area contributed by atoms with Gasteiger partial charge in [-0.2, -0.15) is 0 Å². The Bertz CT molecular complexity index is 373. The Morgan fingerprint density at radius 2 is 1.57 bits per heavy atom. The molecule has 0 atom stereocenters. The molecule has 0 aromatic heterocycles. The molecule has 0 aliphatic heterocycles. The van der Waals surface area contributed by atoms with Crippen molar-refractivity contribution >= 4 is 34.5 Å². The summed E-state index contributed by atoms with van der Waals surface area (Å²) >= 11 is 1.83. The van der Waals surface area contributed by atoms with Crippen LogP contribution in [0.4, 0.5) is 0 Å². The number of aromatic carboxylic acids is 2. The Hall–Kier alpha value is -1.11. The van der Waals surface area contributed by atoms with Gasteiger partial charge in [-0.25, -0.2) is 9.59 Å². The highest BCUT2D eigenvalue weighted by Gasteiger charge is 2.15. The number of carboxylic acid groups (broad SMARTS) is 2. The fraction of sp³-hybridized carbons (Fsp3) is 0.111. The minimum Gasteiger partial charge on any atom is -0.478 e. The molecule has 5 heteroatoms. The summed E-state index contributed by atoms with van der Waals surface area (Å²) in [6.45, 7) is 1.59. The van der Waals surface area contributed by atoms with Gasteiger partial charge >= 0.3 is 11.9 Å². The maximum atomic E-state index is 10.7. The number of benzene rings is 1. The molecule has 14 heavy (non-hydrogen) atoms. The van der Waals surface area contributed by atoms with E-state index < -0.39 is 11.9 Å². The van der Waals surface area contributed by atoms with Gasteiger partial charge in [-0.15, -0.1) is 0 Å². The second-order valence-corrected chi connectivity index (χ2v) is 3.79. The highest BCUT2D eigenvalue weighted by atomic mass is 127. The summed E-state index contributed by atoms with van der Waals surface area (Å²) in [5.41, 5.74) is 0.755. The number of carboxylic acids is 2. The van der Waals surface area contributed by atoms with Gasteiger partial charge in [0.15, 0.2) is 0 Å². The Balaban J connectivity index is 3.41. The van der Waals surface area contributed by atoms with Crippen LogP contribution in [0.25, 0.3) is 0 Å². The molecule has 0 unspecified atom stereocenters. The van der Waals surface area contributed by atoms with E-state index >= 15 is 0 Å². The van der Waals surface area contributed by atoms with E-state index in [1.54, 1.807) is 6.92 Å². The van der Waals surface area contributed by atoms with Crippen LogP contribution in [-0.2, 0) is 0 Å². The van der Waals surface area contributed by atoms with Gasteiger partial charge in [-0.05, 0) is 47.2 Å². The molecule has 0 bridgehead atoms. The molecule has 0 saturated carbocycles. The van der Waals surface area contributed by atoms with Crippen molar-refractivity contribution in [2.75, 3.05) is 0 Å². The van der Waals surface area contributed by atoms with Crippen LogP contribution in [0.3, 0.4) is 0 Å². The van der Waals surface area contributed by atoms with Crippen molar-refractivity contribution in [3.63, 3.8) is 0 Å². The Morgan fingerprint density at radius 1 is 1.14 bits per heavy atom. The molecule has 1 aromatic rings. The van der Waals surface area contributed by atoms with Crippen LogP contribution in [0.15, 0.2) is 12.1 Å². The van der Waals surface area contributed by atoms with E-state index in [1.807, 2.05) is 22.6 Å². The molecule has 2 N–H and O–H groups in total. The van der Waals surface area contributed by atoms with Gasteiger partial charge in [0.05, 0.1) is 11.1 Å². The predicted octanol–water partition coefficient (Wildman–Crippen LogP) is 2.00. The van der Waals surface area contributed by atoms with Gasteiger partial charge in [0.2, 0.25) is 0 Å². The molecule has 0 aliphatic rings. The molecule has 0 saturated heterocycles. The fourth-order valence-corrected chi connectivity index (χ4v) is 1.78. The third-order valence-electron chi connectivity index (χ3n) is 1.85. The lowest BCUT2D eigenvalue weighted by Gasteiger charge is -2.05. The largest absolute Gasteiger partial charge is 0.478 e.